The Labute approximate surface area is 211 Å². The summed E-state index contributed by atoms with van der Waals surface area (Å²) in [4.78, 5) is 30.0. The smallest absolute Gasteiger partial charge is 0.319 e. The molecule has 2 aliphatic rings. The van der Waals surface area contributed by atoms with Crippen molar-refractivity contribution in [1.29, 1.82) is 0 Å². The van der Waals surface area contributed by atoms with Crippen LogP contribution in [0.1, 0.15) is 58.9 Å². The van der Waals surface area contributed by atoms with Gasteiger partial charge in [0.1, 0.15) is 0 Å². The zero-order valence-corrected chi connectivity index (χ0v) is 22.3. The Morgan fingerprint density at radius 2 is 1.40 bits per heavy atom. The van der Waals surface area contributed by atoms with Gasteiger partial charge in [-0.1, -0.05) is 19.9 Å². The number of likely N-dealkylation sites (tertiary alicyclic amines) is 2. The van der Waals surface area contributed by atoms with Gasteiger partial charge in [-0.3, -0.25) is 0 Å². The van der Waals surface area contributed by atoms with Crippen molar-refractivity contribution in [3.63, 3.8) is 0 Å². The average molecular weight is 487 g/mol. The van der Waals surface area contributed by atoms with Crippen molar-refractivity contribution in [3.05, 3.63) is 23.8 Å². The molecule has 0 aliphatic carbocycles. The predicted molar refractivity (Wildman–Crippen MR) is 144 cm³/mol. The van der Waals surface area contributed by atoms with Gasteiger partial charge < -0.3 is 31.1 Å². The van der Waals surface area contributed by atoms with Crippen molar-refractivity contribution in [1.82, 2.24) is 20.4 Å². The lowest BCUT2D eigenvalue weighted by molar-refractivity contribution is 0.170. The Balaban J connectivity index is 1.45. The summed E-state index contributed by atoms with van der Waals surface area (Å²) < 4.78 is 0. The number of aryl methyl sites for hydroxylation is 1. The van der Waals surface area contributed by atoms with Crippen molar-refractivity contribution >= 4 is 23.4 Å². The van der Waals surface area contributed by atoms with E-state index in [9.17, 15) is 9.59 Å². The van der Waals surface area contributed by atoms with Crippen molar-refractivity contribution < 1.29 is 9.59 Å². The van der Waals surface area contributed by atoms with E-state index in [2.05, 4.69) is 44.9 Å². The van der Waals surface area contributed by atoms with Crippen LogP contribution in [0, 0.1) is 18.8 Å². The Morgan fingerprint density at radius 3 is 1.91 bits per heavy atom. The lowest BCUT2D eigenvalue weighted by atomic mass is 10.00. The number of benzene rings is 1. The number of urea groups is 2. The molecule has 8 heteroatoms. The second-order valence-electron chi connectivity index (χ2n) is 11.0. The maximum Gasteiger partial charge on any atom is 0.319 e. The fraction of sp³-hybridized carbons (Fsp3) is 0.704. The first kappa shape index (κ1) is 27.3. The molecule has 0 bridgehead atoms. The van der Waals surface area contributed by atoms with Crippen molar-refractivity contribution in [2.75, 3.05) is 49.9 Å². The molecule has 4 unspecified atom stereocenters. The molecular weight excluding hydrogens is 440 g/mol. The molecule has 0 aromatic heterocycles. The third-order valence-electron chi connectivity index (χ3n) is 7.05. The number of hydrogen-bond donors (Lipinski definition) is 4. The van der Waals surface area contributed by atoms with Crippen LogP contribution >= 0.6 is 0 Å². The van der Waals surface area contributed by atoms with Crippen LogP contribution in [0.5, 0.6) is 0 Å². The van der Waals surface area contributed by atoms with E-state index in [1.54, 1.807) is 0 Å². The summed E-state index contributed by atoms with van der Waals surface area (Å²) in [6.45, 7) is 16.7. The minimum absolute atomic E-state index is 0.0528. The molecular formula is C27H46N6O2. The molecule has 2 heterocycles. The van der Waals surface area contributed by atoms with Crippen LogP contribution in [0.15, 0.2) is 18.2 Å². The van der Waals surface area contributed by atoms with Gasteiger partial charge in [-0.2, -0.15) is 0 Å². The highest BCUT2D eigenvalue weighted by atomic mass is 16.2. The molecule has 8 nitrogen and oxygen atoms in total. The molecule has 4 N–H and O–H groups in total. The predicted octanol–water partition coefficient (Wildman–Crippen LogP) is 4.48. The van der Waals surface area contributed by atoms with Crippen LogP contribution in [-0.2, 0) is 0 Å². The molecule has 2 saturated heterocycles. The highest BCUT2D eigenvalue weighted by molar-refractivity contribution is 5.93. The summed E-state index contributed by atoms with van der Waals surface area (Å²) in [5, 5.41) is 12.0. The van der Waals surface area contributed by atoms with Crippen molar-refractivity contribution in [3.8, 4) is 0 Å². The zero-order chi connectivity index (χ0) is 25.4. The lowest BCUT2D eigenvalue weighted by Gasteiger charge is -2.32. The van der Waals surface area contributed by atoms with Crippen molar-refractivity contribution in [2.45, 2.75) is 72.4 Å². The molecule has 0 spiro atoms. The maximum atomic E-state index is 12.6. The first-order valence-corrected chi connectivity index (χ1v) is 13.4. The molecule has 3 rings (SSSR count). The number of piperidine rings is 2. The number of nitrogens with zero attached hydrogens (tertiary/aromatic N) is 2. The standard InChI is InChI=1S/C27H46N6O2/c1-19-8-6-12-32(15-19)17-22(4)28-26(34)30-24-11-10-21(3)25(14-24)31-27(35)29-23(5)18-33-13-7-9-20(2)16-33/h10-11,14,19-20,22-23H,6-9,12-13,15-18H2,1-5H3,(H2,28,30,34)(H2,29,31,35). The van der Waals surface area contributed by atoms with Crippen LogP contribution in [0.25, 0.3) is 0 Å². The van der Waals surface area contributed by atoms with E-state index in [-0.39, 0.29) is 24.1 Å². The lowest BCUT2D eigenvalue weighted by Crippen LogP contribution is -2.46. The van der Waals surface area contributed by atoms with Gasteiger partial charge >= 0.3 is 12.1 Å². The largest absolute Gasteiger partial charge is 0.334 e. The van der Waals surface area contributed by atoms with E-state index in [1.165, 1.54) is 25.7 Å². The van der Waals surface area contributed by atoms with E-state index in [4.69, 9.17) is 0 Å². The van der Waals surface area contributed by atoms with Crippen LogP contribution in [0.3, 0.4) is 0 Å². The number of anilines is 2. The van der Waals surface area contributed by atoms with E-state index >= 15 is 0 Å². The summed E-state index contributed by atoms with van der Waals surface area (Å²) >= 11 is 0. The Kier molecular flexibility index (Phi) is 10.2. The second-order valence-corrected chi connectivity index (χ2v) is 11.0. The van der Waals surface area contributed by atoms with E-state index in [0.29, 0.717) is 11.4 Å². The minimum atomic E-state index is -0.230. The average Bonchev–Trinajstić information content (AvgIpc) is 2.75. The van der Waals surface area contributed by atoms with E-state index < -0.39 is 0 Å². The second kappa shape index (κ2) is 13.1. The Morgan fingerprint density at radius 1 is 0.886 bits per heavy atom. The summed E-state index contributed by atoms with van der Waals surface area (Å²) in [6.07, 6.45) is 5.03. The SMILES string of the molecule is Cc1ccc(NC(=O)NC(C)CN2CCCC(C)C2)cc1NC(=O)NC(C)CN1CCCC(C)C1. The quantitative estimate of drug-likeness (QED) is 0.436. The Bertz CT molecular complexity index is 847. The first-order valence-electron chi connectivity index (χ1n) is 13.4. The molecule has 196 valence electrons. The van der Waals surface area contributed by atoms with Gasteiger partial charge in [0.15, 0.2) is 0 Å². The number of hydrogen-bond acceptors (Lipinski definition) is 4. The monoisotopic (exact) mass is 486 g/mol. The van der Waals surface area contributed by atoms with Gasteiger partial charge in [-0.05, 0) is 89.1 Å². The van der Waals surface area contributed by atoms with Gasteiger partial charge in [0.2, 0.25) is 0 Å². The van der Waals surface area contributed by atoms with Gasteiger partial charge in [0.25, 0.3) is 0 Å². The molecule has 2 fully saturated rings. The first-order chi connectivity index (χ1) is 16.7. The topological polar surface area (TPSA) is 88.7 Å². The number of amides is 4. The molecule has 4 atom stereocenters. The third kappa shape index (κ3) is 9.33. The molecule has 1 aromatic rings. The minimum Gasteiger partial charge on any atom is -0.334 e. The molecule has 35 heavy (non-hydrogen) atoms. The van der Waals surface area contributed by atoms with Crippen LogP contribution in [0.4, 0.5) is 21.0 Å². The molecule has 0 radical (unpaired) electrons. The molecule has 2 aliphatic heterocycles. The van der Waals surface area contributed by atoms with Crippen LogP contribution in [-0.4, -0.2) is 73.2 Å². The van der Waals surface area contributed by atoms with E-state index in [1.807, 2.05) is 39.0 Å². The Hall–Kier alpha value is -2.32. The van der Waals surface area contributed by atoms with Crippen molar-refractivity contribution in [2.24, 2.45) is 11.8 Å². The summed E-state index contributed by atoms with van der Waals surface area (Å²) in [5.74, 6) is 1.44. The van der Waals surface area contributed by atoms with Gasteiger partial charge in [-0.15, -0.1) is 0 Å². The fourth-order valence-electron chi connectivity index (χ4n) is 5.38. The van der Waals surface area contributed by atoms with Gasteiger partial charge in [0.05, 0.1) is 0 Å². The maximum absolute atomic E-state index is 12.6. The highest BCUT2D eigenvalue weighted by Crippen LogP contribution is 2.21. The summed E-state index contributed by atoms with van der Waals surface area (Å²) in [7, 11) is 0. The number of carbonyl (C=O) groups excluding carboxylic acids is 2. The van der Waals surface area contributed by atoms with Crippen LogP contribution < -0.4 is 21.3 Å². The van der Waals surface area contributed by atoms with Crippen LogP contribution in [0.2, 0.25) is 0 Å². The summed E-state index contributed by atoms with van der Waals surface area (Å²) in [5.41, 5.74) is 2.28. The number of rotatable bonds is 8. The van der Waals surface area contributed by atoms with Gasteiger partial charge in [-0.25, -0.2) is 9.59 Å². The molecule has 4 amide bonds. The normalized spacial score (nSPS) is 23.2. The third-order valence-corrected chi connectivity index (χ3v) is 7.05. The molecule has 1 aromatic carbocycles. The van der Waals surface area contributed by atoms with Gasteiger partial charge in [0, 0.05) is 49.6 Å². The number of nitrogens with one attached hydrogen (secondary N) is 4. The highest BCUT2D eigenvalue weighted by Gasteiger charge is 2.20. The number of carbonyl (C=O) groups is 2. The van der Waals surface area contributed by atoms with E-state index in [0.717, 1.165) is 56.7 Å². The fourth-order valence-corrected chi connectivity index (χ4v) is 5.38. The zero-order valence-electron chi connectivity index (χ0n) is 22.3. The molecule has 0 saturated carbocycles. The summed E-state index contributed by atoms with van der Waals surface area (Å²) in [6, 6.07) is 5.22.